The lowest BCUT2D eigenvalue weighted by Crippen LogP contribution is -2.48. The first-order valence-corrected chi connectivity index (χ1v) is 10.9. The Hall–Kier alpha value is -2.50. The Morgan fingerprint density at radius 2 is 1.73 bits per heavy atom. The molecule has 2 aliphatic heterocycles. The van der Waals surface area contributed by atoms with Crippen molar-refractivity contribution in [2.45, 2.75) is 43.6 Å². The molecule has 0 aliphatic carbocycles. The van der Waals surface area contributed by atoms with Gasteiger partial charge in [0, 0.05) is 12.0 Å². The van der Waals surface area contributed by atoms with Gasteiger partial charge in [-0.2, -0.15) is 0 Å². The molecule has 0 bridgehead atoms. The zero-order valence-corrected chi connectivity index (χ0v) is 19.2. The summed E-state index contributed by atoms with van der Waals surface area (Å²) in [6, 6.07) is 5.73. The zero-order valence-electron chi connectivity index (χ0n) is 17.7. The maximum atomic E-state index is 11.8. The van der Waals surface area contributed by atoms with Gasteiger partial charge >= 0.3 is 5.97 Å². The molecule has 0 saturated carbocycles. The number of ether oxygens (including phenoxy) is 1. The van der Waals surface area contributed by atoms with E-state index in [0.29, 0.717) is 22.4 Å². The smallest absolute Gasteiger partial charge is 0.337 e. The number of carbonyl (C=O) groups is 2. The average Bonchev–Trinajstić information content (AvgIpc) is 2.82. The number of methoxy groups -OCH3 is 1. The van der Waals surface area contributed by atoms with Gasteiger partial charge in [-0.1, -0.05) is 35.3 Å². The maximum absolute atomic E-state index is 11.8. The molecule has 0 aromatic carbocycles. The monoisotopic (exact) mass is 498 g/mol. The van der Waals surface area contributed by atoms with Crippen LogP contribution in [-0.2, 0) is 27.2 Å². The number of ketones is 1. The number of nitrogens with one attached hydrogen (secondary N) is 2. The largest absolute Gasteiger partial charge is 0.467 e. The van der Waals surface area contributed by atoms with Crippen LogP contribution in [0, 0.1) is 0 Å². The van der Waals surface area contributed by atoms with Crippen LogP contribution < -0.4 is 10.6 Å². The van der Waals surface area contributed by atoms with Crippen molar-refractivity contribution in [3.63, 3.8) is 0 Å². The Labute approximate surface area is 199 Å². The number of nitrogens with zero attached hydrogens (tertiary/aromatic N) is 2. The molecule has 0 spiro atoms. The van der Waals surface area contributed by atoms with Gasteiger partial charge in [0.25, 0.3) is 0 Å². The number of aryl methyl sites for hydroxylation is 1. The SMILES string of the molecule is COC(=O)[C@@H](O)[C@@H]1Nc2nc(Cl)ccc2CC1=O.OC[C@@H](O)[C@H]1CCc2ccc(Cl)nc2N1. The number of pyridine rings is 2. The van der Waals surface area contributed by atoms with E-state index >= 15 is 0 Å². The molecule has 33 heavy (non-hydrogen) atoms. The molecule has 0 fully saturated rings. The second kappa shape index (κ2) is 11.1. The van der Waals surface area contributed by atoms with Gasteiger partial charge in [0.2, 0.25) is 0 Å². The van der Waals surface area contributed by atoms with E-state index in [9.17, 15) is 19.8 Å². The van der Waals surface area contributed by atoms with Crippen molar-refractivity contribution in [3.8, 4) is 0 Å². The Balaban J connectivity index is 0.000000189. The number of anilines is 2. The summed E-state index contributed by atoms with van der Waals surface area (Å²) in [5.74, 6) is -0.0582. The fraction of sp³-hybridized carbons (Fsp3) is 0.429. The second-order valence-corrected chi connectivity index (χ2v) is 8.33. The molecule has 5 N–H and O–H groups in total. The van der Waals surface area contributed by atoms with E-state index in [2.05, 4.69) is 25.3 Å². The Kier molecular flexibility index (Phi) is 8.44. The van der Waals surface area contributed by atoms with Gasteiger partial charge in [-0.25, -0.2) is 14.8 Å². The highest BCUT2D eigenvalue weighted by Gasteiger charge is 2.36. The van der Waals surface area contributed by atoms with Gasteiger partial charge in [0.15, 0.2) is 11.9 Å². The summed E-state index contributed by atoms with van der Waals surface area (Å²) < 4.78 is 4.40. The van der Waals surface area contributed by atoms with Gasteiger partial charge in [0.05, 0.1) is 25.9 Å². The Bertz CT molecular complexity index is 1020. The molecule has 178 valence electrons. The lowest BCUT2D eigenvalue weighted by molar-refractivity contribution is -0.153. The molecule has 0 amide bonds. The Morgan fingerprint density at radius 3 is 2.33 bits per heavy atom. The molecule has 2 aromatic heterocycles. The molecule has 0 saturated heterocycles. The summed E-state index contributed by atoms with van der Waals surface area (Å²) in [4.78, 5) is 31.2. The molecule has 4 rings (SSSR count). The molecule has 2 aliphatic rings. The maximum Gasteiger partial charge on any atom is 0.337 e. The minimum absolute atomic E-state index is 0.0885. The van der Waals surface area contributed by atoms with E-state index in [1.165, 1.54) is 0 Å². The molecule has 2 aromatic rings. The van der Waals surface area contributed by atoms with Crippen molar-refractivity contribution in [2.75, 3.05) is 24.4 Å². The summed E-state index contributed by atoms with van der Waals surface area (Å²) in [5.41, 5.74) is 1.78. The number of rotatable bonds is 4. The van der Waals surface area contributed by atoms with Crippen LogP contribution >= 0.6 is 23.2 Å². The third-order valence-corrected chi connectivity index (χ3v) is 5.77. The van der Waals surface area contributed by atoms with Crippen molar-refractivity contribution in [1.29, 1.82) is 0 Å². The van der Waals surface area contributed by atoms with E-state index in [4.69, 9.17) is 28.3 Å². The molecule has 0 radical (unpaired) electrons. The summed E-state index contributed by atoms with van der Waals surface area (Å²) >= 11 is 11.5. The van der Waals surface area contributed by atoms with Crippen LogP contribution in [0.5, 0.6) is 0 Å². The van der Waals surface area contributed by atoms with Gasteiger partial charge in [-0.05, 0) is 30.5 Å². The highest BCUT2D eigenvalue weighted by atomic mass is 35.5. The van der Waals surface area contributed by atoms with Crippen LogP contribution in [0.4, 0.5) is 11.6 Å². The lowest BCUT2D eigenvalue weighted by atomic mass is 9.96. The van der Waals surface area contributed by atoms with Crippen LogP contribution in [0.3, 0.4) is 0 Å². The number of Topliss-reactive ketones (excluding diaryl/α,β-unsaturated/α-hetero) is 1. The van der Waals surface area contributed by atoms with Gasteiger partial charge in [-0.3, -0.25) is 4.79 Å². The van der Waals surface area contributed by atoms with E-state index in [1.807, 2.05) is 6.07 Å². The van der Waals surface area contributed by atoms with E-state index < -0.39 is 24.2 Å². The number of hydrogen-bond acceptors (Lipinski definition) is 10. The summed E-state index contributed by atoms with van der Waals surface area (Å²) in [6.45, 7) is -0.242. The molecule has 0 unspecified atom stereocenters. The van der Waals surface area contributed by atoms with Gasteiger partial charge in [-0.15, -0.1) is 0 Å². The number of aliphatic hydroxyl groups excluding tert-OH is 3. The summed E-state index contributed by atoms with van der Waals surface area (Å²) in [7, 11) is 1.14. The van der Waals surface area contributed by atoms with Crippen molar-refractivity contribution in [3.05, 3.63) is 45.7 Å². The number of aromatic nitrogens is 2. The summed E-state index contributed by atoms with van der Waals surface area (Å²) in [5, 5.41) is 34.5. The van der Waals surface area contributed by atoms with Gasteiger partial charge in [0.1, 0.15) is 28.0 Å². The highest BCUT2D eigenvalue weighted by Crippen LogP contribution is 2.26. The fourth-order valence-electron chi connectivity index (χ4n) is 3.53. The fourth-order valence-corrected chi connectivity index (χ4v) is 3.83. The predicted octanol–water partition coefficient (Wildman–Crippen LogP) is 0.989. The number of esters is 1. The predicted molar refractivity (Wildman–Crippen MR) is 121 cm³/mol. The van der Waals surface area contributed by atoms with Crippen molar-refractivity contribution < 1.29 is 29.6 Å². The second-order valence-electron chi connectivity index (χ2n) is 7.56. The number of hydrogen-bond donors (Lipinski definition) is 5. The van der Waals surface area contributed by atoms with Gasteiger partial charge < -0.3 is 30.7 Å². The highest BCUT2D eigenvalue weighted by molar-refractivity contribution is 6.29. The van der Waals surface area contributed by atoms with Crippen LogP contribution in [0.15, 0.2) is 24.3 Å². The first-order chi connectivity index (χ1) is 15.7. The molecule has 12 heteroatoms. The Morgan fingerprint density at radius 1 is 1.12 bits per heavy atom. The standard InChI is InChI=1S/C11H11ClN2O4.C10H13ClN2O2/c1-18-11(17)9(16)8-6(15)4-5-2-3-7(12)13-10(5)14-8;11-9-4-2-6-1-3-7(8(15)5-14)12-10(6)13-9/h2-3,8-9,16H,4H2,1H3,(H,13,14);2,4,7-8,14-15H,1,3,5H2,(H,12,13)/t8-,9+;7-,8-/m11/s1. The third-order valence-electron chi connectivity index (χ3n) is 5.35. The third kappa shape index (κ3) is 6.10. The van der Waals surface area contributed by atoms with Crippen LogP contribution in [-0.4, -0.2) is 75.0 Å². The topological polar surface area (TPSA) is 154 Å². The van der Waals surface area contributed by atoms with E-state index in [0.717, 1.165) is 25.5 Å². The molecular weight excluding hydrogens is 475 g/mol. The molecule has 4 atom stereocenters. The minimum Gasteiger partial charge on any atom is -0.467 e. The van der Waals surface area contributed by atoms with Crippen LogP contribution in [0.25, 0.3) is 0 Å². The number of aliphatic hydroxyl groups is 3. The molecular formula is C21H24Cl2N4O6. The first-order valence-electron chi connectivity index (χ1n) is 10.1. The zero-order chi connectivity index (χ0) is 24.1. The normalized spacial score (nSPS) is 20.6. The number of carbonyl (C=O) groups excluding carboxylic acids is 2. The number of fused-ring (bicyclic) bond motifs is 2. The molecule has 10 nitrogen and oxygen atoms in total. The average molecular weight is 499 g/mol. The van der Waals surface area contributed by atoms with Crippen molar-refractivity contribution in [1.82, 2.24) is 9.97 Å². The number of halogens is 2. The molecule has 4 heterocycles. The van der Waals surface area contributed by atoms with Crippen molar-refractivity contribution in [2.24, 2.45) is 0 Å². The minimum atomic E-state index is -1.56. The van der Waals surface area contributed by atoms with Crippen molar-refractivity contribution >= 4 is 46.6 Å². The summed E-state index contributed by atoms with van der Waals surface area (Å²) in [6.07, 6.45) is -0.590. The van der Waals surface area contributed by atoms with E-state index in [-0.39, 0.29) is 30.0 Å². The quantitative estimate of drug-likeness (QED) is 0.304. The van der Waals surface area contributed by atoms with Crippen LogP contribution in [0.1, 0.15) is 17.5 Å². The van der Waals surface area contributed by atoms with E-state index in [1.54, 1.807) is 18.2 Å². The lowest BCUT2D eigenvalue weighted by Gasteiger charge is -2.28. The van der Waals surface area contributed by atoms with Crippen LogP contribution in [0.2, 0.25) is 10.3 Å². The first kappa shape index (κ1) is 25.1.